The van der Waals surface area contributed by atoms with E-state index in [1.54, 1.807) is 23.5 Å². The van der Waals surface area contributed by atoms with Gasteiger partial charge in [-0.1, -0.05) is 13.0 Å². The first-order valence-corrected chi connectivity index (χ1v) is 12.0. The molecule has 2 unspecified atom stereocenters. The Labute approximate surface area is 200 Å². The number of carbonyl (C=O) groups excluding carboxylic acids is 2. The van der Waals surface area contributed by atoms with E-state index in [-0.39, 0.29) is 30.5 Å². The lowest BCUT2D eigenvalue weighted by molar-refractivity contribution is -0.141. The van der Waals surface area contributed by atoms with Crippen LogP contribution in [0.5, 0.6) is 5.75 Å². The van der Waals surface area contributed by atoms with Crippen molar-refractivity contribution < 1.29 is 19.1 Å². The number of piperazine rings is 1. The Morgan fingerprint density at radius 2 is 1.94 bits per heavy atom. The smallest absolute Gasteiger partial charge is 0.409 e. The molecule has 1 saturated heterocycles. The lowest BCUT2D eigenvalue weighted by atomic mass is 9.83. The second kappa shape index (κ2) is 10.7. The quantitative estimate of drug-likeness (QED) is 0.453. The van der Waals surface area contributed by atoms with Gasteiger partial charge >= 0.3 is 12.1 Å². The molecule has 0 saturated carbocycles. The summed E-state index contributed by atoms with van der Waals surface area (Å²) in [6.45, 7) is 10.7. The number of rotatable bonds is 7. The summed E-state index contributed by atoms with van der Waals surface area (Å²) >= 11 is 0. The minimum atomic E-state index is -0.347. The van der Waals surface area contributed by atoms with Crippen LogP contribution in [0.15, 0.2) is 36.8 Å². The molecule has 1 aromatic heterocycles. The molecule has 2 aliphatic rings. The van der Waals surface area contributed by atoms with Gasteiger partial charge in [0.25, 0.3) is 0 Å². The highest BCUT2D eigenvalue weighted by Crippen LogP contribution is 2.40. The molecule has 9 nitrogen and oxygen atoms in total. The largest absolute Gasteiger partial charge is 0.449 e. The van der Waals surface area contributed by atoms with Crippen LogP contribution in [0.1, 0.15) is 38.7 Å². The summed E-state index contributed by atoms with van der Waals surface area (Å²) in [7, 11) is 0. The normalized spacial score (nSPS) is 19.9. The molecule has 3 heterocycles. The van der Waals surface area contributed by atoms with Gasteiger partial charge in [0, 0.05) is 63.4 Å². The minimum Gasteiger partial charge on any atom is -0.449 e. The molecule has 2 aliphatic heterocycles. The first kappa shape index (κ1) is 23.8. The molecular weight excluding hydrogens is 434 g/mol. The molecule has 1 fully saturated rings. The standard InChI is InChI=1S/C25H33N5O4/c1-4-28(5-2)19-6-7-20-18(3)21(24(31)34-22(20)16-19)8-15-33-25(32)30-13-11-29(12-14-30)23-17-26-9-10-27-23/h6-7,9-10,16-18,21H,4-5,8,11-15H2,1-3H3. The van der Waals surface area contributed by atoms with Crippen molar-refractivity contribution in [2.24, 2.45) is 5.92 Å². The third-order valence-corrected chi connectivity index (χ3v) is 6.80. The molecule has 2 atom stereocenters. The maximum absolute atomic E-state index is 12.7. The van der Waals surface area contributed by atoms with Crippen molar-refractivity contribution in [3.63, 3.8) is 0 Å². The number of hydrogen-bond donors (Lipinski definition) is 0. The van der Waals surface area contributed by atoms with Crippen LogP contribution in [-0.2, 0) is 9.53 Å². The number of ether oxygens (including phenoxy) is 2. The number of aromatic nitrogens is 2. The molecule has 1 aromatic carbocycles. The van der Waals surface area contributed by atoms with Gasteiger partial charge in [-0.3, -0.25) is 9.78 Å². The summed E-state index contributed by atoms with van der Waals surface area (Å²) in [5, 5.41) is 0. The van der Waals surface area contributed by atoms with Gasteiger partial charge in [0.1, 0.15) is 11.6 Å². The summed E-state index contributed by atoms with van der Waals surface area (Å²) in [6, 6.07) is 6.09. The number of amides is 1. The predicted molar refractivity (Wildman–Crippen MR) is 129 cm³/mol. The van der Waals surface area contributed by atoms with Crippen LogP contribution >= 0.6 is 0 Å². The molecular formula is C25H33N5O4. The van der Waals surface area contributed by atoms with Crippen molar-refractivity contribution in [2.75, 3.05) is 55.7 Å². The second-order valence-electron chi connectivity index (χ2n) is 8.65. The van der Waals surface area contributed by atoms with Crippen LogP contribution in [0.25, 0.3) is 0 Å². The van der Waals surface area contributed by atoms with Gasteiger partial charge in [0.2, 0.25) is 0 Å². The maximum Gasteiger partial charge on any atom is 0.409 e. The van der Waals surface area contributed by atoms with Gasteiger partial charge in [-0.15, -0.1) is 0 Å². The van der Waals surface area contributed by atoms with Crippen LogP contribution in [0.3, 0.4) is 0 Å². The molecule has 34 heavy (non-hydrogen) atoms. The fourth-order valence-electron chi connectivity index (χ4n) is 4.68. The molecule has 0 bridgehead atoms. The summed E-state index contributed by atoms with van der Waals surface area (Å²) in [6.07, 6.45) is 5.11. The van der Waals surface area contributed by atoms with Gasteiger partial charge in [-0.05, 0) is 37.8 Å². The van der Waals surface area contributed by atoms with Crippen LogP contribution in [-0.4, -0.2) is 72.8 Å². The molecule has 0 spiro atoms. The molecule has 0 radical (unpaired) electrons. The summed E-state index contributed by atoms with van der Waals surface area (Å²) < 4.78 is 11.2. The van der Waals surface area contributed by atoms with Gasteiger partial charge in [-0.2, -0.15) is 0 Å². The van der Waals surface area contributed by atoms with Crippen molar-refractivity contribution >= 4 is 23.6 Å². The Bertz CT molecular complexity index is 990. The number of benzene rings is 1. The lowest BCUT2D eigenvalue weighted by Gasteiger charge is -2.34. The van der Waals surface area contributed by atoms with E-state index in [2.05, 4.69) is 45.7 Å². The number of anilines is 2. The molecule has 9 heteroatoms. The fourth-order valence-corrected chi connectivity index (χ4v) is 4.68. The zero-order valence-electron chi connectivity index (χ0n) is 20.1. The van der Waals surface area contributed by atoms with Gasteiger partial charge < -0.3 is 24.2 Å². The van der Waals surface area contributed by atoms with Crippen LogP contribution in [0.4, 0.5) is 16.3 Å². The Morgan fingerprint density at radius 1 is 1.18 bits per heavy atom. The lowest BCUT2D eigenvalue weighted by Crippen LogP contribution is -2.49. The van der Waals surface area contributed by atoms with Crippen molar-refractivity contribution in [2.45, 2.75) is 33.1 Å². The number of hydrogen-bond acceptors (Lipinski definition) is 8. The molecule has 4 rings (SSSR count). The number of esters is 1. The Balaban J connectivity index is 1.28. The SMILES string of the molecule is CCN(CC)c1ccc2c(c1)OC(=O)C(CCOC(=O)N1CCN(c3cnccn3)CC1)C2C. The third-order valence-electron chi connectivity index (χ3n) is 6.80. The first-order chi connectivity index (χ1) is 16.5. The molecule has 182 valence electrons. The zero-order chi connectivity index (χ0) is 24.1. The highest BCUT2D eigenvalue weighted by Gasteiger charge is 2.35. The molecule has 0 aliphatic carbocycles. The fraction of sp³-hybridized carbons (Fsp3) is 0.520. The number of carbonyl (C=O) groups is 2. The Morgan fingerprint density at radius 3 is 2.62 bits per heavy atom. The van der Waals surface area contributed by atoms with E-state index < -0.39 is 0 Å². The van der Waals surface area contributed by atoms with Crippen LogP contribution < -0.4 is 14.5 Å². The van der Waals surface area contributed by atoms with Crippen molar-refractivity contribution in [3.8, 4) is 5.75 Å². The second-order valence-corrected chi connectivity index (χ2v) is 8.65. The monoisotopic (exact) mass is 467 g/mol. The van der Waals surface area contributed by atoms with E-state index in [0.717, 1.165) is 30.2 Å². The van der Waals surface area contributed by atoms with Gasteiger partial charge in [0.15, 0.2) is 0 Å². The summed E-state index contributed by atoms with van der Waals surface area (Å²) in [5.41, 5.74) is 2.07. The van der Waals surface area contributed by atoms with Crippen molar-refractivity contribution in [3.05, 3.63) is 42.4 Å². The van der Waals surface area contributed by atoms with Gasteiger partial charge in [-0.25, -0.2) is 9.78 Å². The van der Waals surface area contributed by atoms with Crippen LogP contribution in [0.2, 0.25) is 0 Å². The first-order valence-electron chi connectivity index (χ1n) is 12.0. The minimum absolute atomic E-state index is 0.00349. The average Bonchev–Trinajstić information content (AvgIpc) is 2.87. The summed E-state index contributed by atoms with van der Waals surface area (Å²) in [4.78, 5) is 39.7. The Hall–Kier alpha value is -3.36. The topological polar surface area (TPSA) is 88.1 Å². The van der Waals surface area contributed by atoms with E-state index in [0.29, 0.717) is 38.3 Å². The van der Waals surface area contributed by atoms with E-state index in [4.69, 9.17) is 9.47 Å². The number of fused-ring (bicyclic) bond motifs is 1. The van der Waals surface area contributed by atoms with E-state index in [1.165, 1.54) is 0 Å². The number of nitrogens with zero attached hydrogens (tertiary/aromatic N) is 5. The van der Waals surface area contributed by atoms with E-state index in [9.17, 15) is 9.59 Å². The van der Waals surface area contributed by atoms with Crippen molar-refractivity contribution in [1.29, 1.82) is 0 Å². The van der Waals surface area contributed by atoms with Gasteiger partial charge in [0.05, 0.1) is 18.7 Å². The van der Waals surface area contributed by atoms with E-state index >= 15 is 0 Å². The van der Waals surface area contributed by atoms with Crippen LogP contribution in [0, 0.1) is 5.92 Å². The molecule has 1 amide bonds. The average molecular weight is 468 g/mol. The molecule has 0 N–H and O–H groups in total. The summed E-state index contributed by atoms with van der Waals surface area (Å²) in [5.74, 6) is 0.843. The van der Waals surface area contributed by atoms with E-state index in [1.807, 2.05) is 13.0 Å². The van der Waals surface area contributed by atoms with Crippen molar-refractivity contribution in [1.82, 2.24) is 14.9 Å². The zero-order valence-corrected chi connectivity index (χ0v) is 20.1. The molecule has 2 aromatic rings. The third kappa shape index (κ3) is 5.08. The maximum atomic E-state index is 12.7. The highest BCUT2D eigenvalue weighted by atomic mass is 16.6. The highest BCUT2D eigenvalue weighted by molar-refractivity contribution is 5.80. The Kier molecular flexibility index (Phi) is 7.49. The predicted octanol–water partition coefficient (Wildman–Crippen LogP) is 3.31.